The molecule has 2 heterocycles. The van der Waals surface area contributed by atoms with Gasteiger partial charge in [0.25, 0.3) is 0 Å². The van der Waals surface area contributed by atoms with Crippen molar-refractivity contribution in [3.05, 3.63) is 58.5 Å². The molecule has 1 fully saturated rings. The number of nitrogens with one attached hydrogen (secondary N) is 3. The van der Waals surface area contributed by atoms with Gasteiger partial charge in [-0.3, -0.25) is 10.1 Å². The van der Waals surface area contributed by atoms with Crippen molar-refractivity contribution >= 4 is 21.9 Å². The van der Waals surface area contributed by atoms with E-state index in [2.05, 4.69) is 71.0 Å². The van der Waals surface area contributed by atoms with Gasteiger partial charge in [-0.15, -0.1) is 0 Å². The van der Waals surface area contributed by atoms with Crippen molar-refractivity contribution in [1.82, 2.24) is 25.8 Å². The number of rotatable bonds is 7. The second-order valence-corrected chi connectivity index (χ2v) is 7.89. The maximum atomic E-state index is 5.31. The van der Waals surface area contributed by atoms with Gasteiger partial charge in [-0.05, 0) is 42.7 Å². The molecule has 2 aromatic heterocycles. The molecule has 146 valence electrons. The van der Waals surface area contributed by atoms with Gasteiger partial charge in [-0.1, -0.05) is 28.1 Å². The normalized spacial score (nSPS) is 15.4. The van der Waals surface area contributed by atoms with Gasteiger partial charge in [0.15, 0.2) is 11.7 Å². The summed E-state index contributed by atoms with van der Waals surface area (Å²) in [4.78, 5) is 8.78. The molecule has 0 atom stereocenters. The minimum atomic E-state index is 0.213. The molecule has 4 rings (SSSR count). The van der Waals surface area contributed by atoms with Crippen molar-refractivity contribution in [2.45, 2.75) is 24.7 Å². The van der Waals surface area contributed by atoms with E-state index in [1.165, 1.54) is 18.4 Å². The number of benzene rings is 1. The standard InChI is InChI=1S/C20H23BrN6O/c1-22-19(24-13-20(8-9-20)14-4-2-5-15(21)12-14)23-10-7-17-25-18(27-26-17)16-6-3-11-28-16/h2-6,11-12H,7-10,13H2,1H3,(H2,22,23,24)(H,25,26,27). The summed E-state index contributed by atoms with van der Waals surface area (Å²) in [5.74, 6) is 2.84. The number of hydrogen-bond donors (Lipinski definition) is 3. The molecule has 8 heteroatoms. The van der Waals surface area contributed by atoms with Crippen LogP contribution in [0.4, 0.5) is 0 Å². The number of H-pyrrole nitrogens is 1. The zero-order valence-electron chi connectivity index (χ0n) is 15.7. The largest absolute Gasteiger partial charge is 0.461 e. The highest BCUT2D eigenvalue weighted by atomic mass is 79.9. The summed E-state index contributed by atoms with van der Waals surface area (Å²) in [6, 6.07) is 12.2. The molecule has 0 bridgehead atoms. The van der Waals surface area contributed by atoms with E-state index in [-0.39, 0.29) is 5.41 Å². The molecule has 0 amide bonds. The van der Waals surface area contributed by atoms with E-state index >= 15 is 0 Å². The monoisotopic (exact) mass is 442 g/mol. The minimum Gasteiger partial charge on any atom is -0.461 e. The van der Waals surface area contributed by atoms with E-state index in [9.17, 15) is 0 Å². The first kappa shape index (κ1) is 18.7. The maximum Gasteiger partial charge on any atom is 0.216 e. The third-order valence-electron chi connectivity index (χ3n) is 5.04. The van der Waals surface area contributed by atoms with Crippen LogP contribution in [0.1, 0.15) is 24.2 Å². The van der Waals surface area contributed by atoms with Gasteiger partial charge in [0.2, 0.25) is 5.82 Å². The van der Waals surface area contributed by atoms with Crippen molar-refractivity contribution in [3.8, 4) is 11.6 Å². The van der Waals surface area contributed by atoms with Crippen LogP contribution in [0, 0.1) is 0 Å². The zero-order valence-corrected chi connectivity index (χ0v) is 17.3. The van der Waals surface area contributed by atoms with Crippen molar-refractivity contribution in [2.75, 3.05) is 20.1 Å². The second kappa shape index (κ2) is 8.18. The van der Waals surface area contributed by atoms with Crippen molar-refractivity contribution in [1.29, 1.82) is 0 Å². The molecule has 1 aliphatic rings. The molecular formula is C20H23BrN6O. The summed E-state index contributed by atoms with van der Waals surface area (Å²) in [6.07, 6.45) is 4.72. The Hall–Kier alpha value is -2.61. The average Bonchev–Trinajstić information content (AvgIpc) is 3.08. The average molecular weight is 443 g/mol. The highest BCUT2D eigenvalue weighted by Gasteiger charge is 2.44. The lowest BCUT2D eigenvalue weighted by Crippen LogP contribution is -2.42. The molecule has 3 aromatic rings. The SMILES string of the molecule is CN=C(NCCc1nc(-c2ccco2)n[nH]1)NCC1(c2cccc(Br)c2)CC1. The van der Waals surface area contributed by atoms with Gasteiger partial charge < -0.3 is 15.1 Å². The third kappa shape index (κ3) is 4.27. The summed E-state index contributed by atoms with van der Waals surface area (Å²) >= 11 is 3.57. The first-order valence-electron chi connectivity index (χ1n) is 9.34. The predicted octanol–water partition coefficient (Wildman–Crippen LogP) is 3.27. The molecule has 1 saturated carbocycles. The molecule has 0 spiro atoms. The number of hydrogen-bond acceptors (Lipinski definition) is 4. The first-order chi connectivity index (χ1) is 13.7. The number of aliphatic imine (C=N–C) groups is 1. The molecular weight excluding hydrogens is 420 g/mol. The number of aromatic amines is 1. The Balaban J connectivity index is 1.26. The van der Waals surface area contributed by atoms with Gasteiger partial charge in [0.05, 0.1) is 6.26 Å². The van der Waals surface area contributed by atoms with Gasteiger partial charge in [-0.2, -0.15) is 5.10 Å². The van der Waals surface area contributed by atoms with Crippen LogP contribution in [0.15, 0.2) is 56.5 Å². The van der Waals surface area contributed by atoms with Crippen molar-refractivity contribution < 1.29 is 4.42 Å². The molecule has 3 N–H and O–H groups in total. The summed E-state index contributed by atoms with van der Waals surface area (Å²) in [5, 5.41) is 13.9. The fourth-order valence-corrected chi connectivity index (χ4v) is 3.63. The molecule has 0 radical (unpaired) electrons. The van der Waals surface area contributed by atoms with E-state index in [1.807, 2.05) is 12.1 Å². The van der Waals surface area contributed by atoms with Crippen LogP contribution in [0.25, 0.3) is 11.6 Å². The Kier molecular flexibility index (Phi) is 5.47. The molecule has 7 nitrogen and oxygen atoms in total. The lowest BCUT2D eigenvalue weighted by molar-refractivity contribution is 0.577. The fraction of sp³-hybridized carbons (Fsp3) is 0.350. The Morgan fingerprint density at radius 3 is 2.89 bits per heavy atom. The zero-order chi connectivity index (χ0) is 19.4. The first-order valence-corrected chi connectivity index (χ1v) is 10.1. The Bertz CT molecular complexity index is 945. The number of halogens is 1. The van der Waals surface area contributed by atoms with E-state index in [4.69, 9.17) is 4.42 Å². The molecule has 0 aliphatic heterocycles. The van der Waals surface area contributed by atoms with E-state index in [0.717, 1.165) is 22.8 Å². The van der Waals surface area contributed by atoms with E-state index in [0.29, 0.717) is 24.6 Å². The fourth-order valence-electron chi connectivity index (χ4n) is 3.23. The minimum absolute atomic E-state index is 0.213. The summed E-state index contributed by atoms with van der Waals surface area (Å²) in [7, 11) is 1.79. The number of nitrogens with zero attached hydrogens (tertiary/aromatic N) is 3. The maximum absolute atomic E-state index is 5.31. The molecule has 0 saturated heterocycles. The van der Waals surface area contributed by atoms with Crippen LogP contribution in [0.3, 0.4) is 0 Å². The number of aromatic nitrogens is 3. The highest BCUT2D eigenvalue weighted by molar-refractivity contribution is 9.10. The highest BCUT2D eigenvalue weighted by Crippen LogP contribution is 2.48. The third-order valence-corrected chi connectivity index (χ3v) is 5.53. The Labute approximate surface area is 172 Å². The number of guanidine groups is 1. The van der Waals surface area contributed by atoms with E-state index < -0.39 is 0 Å². The Morgan fingerprint density at radius 2 is 2.18 bits per heavy atom. The molecule has 1 aromatic carbocycles. The quantitative estimate of drug-likeness (QED) is 0.385. The molecule has 1 aliphatic carbocycles. The summed E-state index contributed by atoms with van der Waals surface area (Å²) < 4.78 is 6.44. The van der Waals surface area contributed by atoms with Crippen LogP contribution in [0.2, 0.25) is 0 Å². The Morgan fingerprint density at radius 1 is 1.29 bits per heavy atom. The lowest BCUT2D eigenvalue weighted by atomic mass is 9.96. The van der Waals surface area contributed by atoms with Crippen LogP contribution >= 0.6 is 15.9 Å². The van der Waals surface area contributed by atoms with Gasteiger partial charge in [0, 0.05) is 36.4 Å². The topological polar surface area (TPSA) is 91.1 Å². The smallest absolute Gasteiger partial charge is 0.216 e. The van der Waals surface area contributed by atoms with Gasteiger partial charge >= 0.3 is 0 Å². The van der Waals surface area contributed by atoms with Crippen LogP contribution in [-0.2, 0) is 11.8 Å². The van der Waals surface area contributed by atoms with E-state index in [1.54, 1.807) is 13.3 Å². The summed E-state index contributed by atoms with van der Waals surface area (Å²) in [5.41, 5.74) is 1.58. The van der Waals surface area contributed by atoms with Crippen LogP contribution in [-0.4, -0.2) is 41.3 Å². The van der Waals surface area contributed by atoms with Gasteiger partial charge in [-0.25, -0.2) is 4.98 Å². The van der Waals surface area contributed by atoms with Crippen molar-refractivity contribution in [3.63, 3.8) is 0 Å². The van der Waals surface area contributed by atoms with Crippen molar-refractivity contribution in [2.24, 2.45) is 4.99 Å². The lowest BCUT2D eigenvalue weighted by Gasteiger charge is -2.19. The second-order valence-electron chi connectivity index (χ2n) is 6.98. The number of furan rings is 1. The van der Waals surface area contributed by atoms with Gasteiger partial charge in [0.1, 0.15) is 5.82 Å². The molecule has 28 heavy (non-hydrogen) atoms. The molecule has 0 unspecified atom stereocenters. The summed E-state index contributed by atoms with van der Waals surface area (Å²) in [6.45, 7) is 1.57. The van der Waals surface area contributed by atoms with Crippen LogP contribution < -0.4 is 10.6 Å². The van der Waals surface area contributed by atoms with Crippen LogP contribution in [0.5, 0.6) is 0 Å². The predicted molar refractivity (Wildman–Crippen MR) is 112 cm³/mol.